The van der Waals surface area contributed by atoms with E-state index in [4.69, 9.17) is 0 Å². The fourth-order valence-corrected chi connectivity index (χ4v) is 3.97. The summed E-state index contributed by atoms with van der Waals surface area (Å²) in [6, 6.07) is 11.7. The molecule has 0 saturated heterocycles. The average Bonchev–Trinajstić information content (AvgIpc) is 2.74. The number of hydrogen-bond acceptors (Lipinski definition) is 3. The largest absolute Gasteiger partial charge is 0.354 e. The number of carbonyl (C=O) groups is 2. The van der Waals surface area contributed by atoms with Gasteiger partial charge in [-0.15, -0.1) is 11.8 Å². The second-order valence-corrected chi connectivity index (χ2v) is 8.78. The van der Waals surface area contributed by atoms with Crippen LogP contribution < -0.4 is 5.32 Å². The zero-order valence-corrected chi connectivity index (χ0v) is 19.1. The van der Waals surface area contributed by atoms with Gasteiger partial charge in [-0.05, 0) is 41.7 Å². The number of thioether (sulfide) groups is 1. The lowest BCUT2D eigenvalue weighted by molar-refractivity contribution is -0.139. The molecule has 2 amide bonds. The molecule has 0 radical (unpaired) electrons. The van der Waals surface area contributed by atoms with Gasteiger partial charge in [0.15, 0.2) is 0 Å². The summed E-state index contributed by atoms with van der Waals surface area (Å²) in [6.45, 7) is 6.59. The summed E-state index contributed by atoms with van der Waals surface area (Å²) in [5.74, 6) is -0.307. The highest BCUT2D eigenvalue weighted by Gasteiger charge is 2.28. The minimum Gasteiger partial charge on any atom is -0.354 e. The lowest BCUT2D eigenvalue weighted by Crippen LogP contribution is -2.50. The Kier molecular flexibility index (Phi) is 9.98. The average molecular weight is 449 g/mol. The molecule has 0 bridgehead atoms. The molecule has 0 heterocycles. The minimum absolute atomic E-state index is 0.115. The standard InChI is InChI=1S/C24H30F2N2O2S/c1-4-22(24(30)27-13-17(2)3)28(14-18-9-11-20(25)12-10-18)23(29)16-31-15-19-7-5-6-8-21(19)26/h5-12,17,22H,4,13-16H2,1-3H3,(H,27,30). The summed E-state index contributed by atoms with van der Waals surface area (Å²) in [4.78, 5) is 27.4. The zero-order chi connectivity index (χ0) is 22.8. The Balaban J connectivity index is 2.12. The summed E-state index contributed by atoms with van der Waals surface area (Å²) in [5, 5.41) is 2.90. The minimum atomic E-state index is -0.634. The van der Waals surface area contributed by atoms with Crippen molar-refractivity contribution in [3.8, 4) is 0 Å². The van der Waals surface area contributed by atoms with Gasteiger partial charge in [-0.25, -0.2) is 8.78 Å². The maximum absolute atomic E-state index is 13.8. The van der Waals surface area contributed by atoms with Gasteiger partial charge < -0.3 is 10.2 Å². The highest BCUT2D eigenvalue weighted by Crippen LogP contribution is 2.19. The Labute approximate surface area is 187 Å². The van der Waals surface area contributed by atoms with E-state index in [0.717, 1.165) is 5.56 Å². The van der Waals surface area contributed by atoms with Crippen LogP contribution in [0.1, 0.15) is 38.3 Å². The quantitative estimate of drug-likeness (QED) is 0.538. The predicted molar refractivity (Wildman–Crippen MR) is 121 cm³/mol. The summed E-state index contributed by atoms with van der Waals surface area (Å²) < 4.78 is 27.1. The van der Waals surface area contributed by atoms with Crippen LogP contribution in [0.25, 0.3) is 0 Å². The van der Waals surface area contributed by atoms with E-state index in [-0.39, 0.29) is 35.7 Å². The third-order valence-electron chi connectivity index (χ3n) is 4.78. The molecule has 31 heavy (non-hydrogen) atoms. The van der Waals surface area contributed by atoms with Crippen molar-refractivity contribution in [2.75, 3.05) is 12.3 Å². The molecule has 2 aromatic carbocycles. The fraction of sp³-hybridized carbons (Fsp3) is 0.417. The van der Waals surface area contributed by atoms with Crippen molar-refractivity contribution in [3.63, 3.8) is 0 Å². The molecule has 1 atom stereocenters. The molecule has 2 rings (SSSR count). The Bertz CT molecular complexity index is 859. The van der Waals surface area contributed by atoms with Gasteiger partial charge >= 0.3 is 0 Å². The zero-order valence-electron chi connectivity index (χ0n) is 18.2. The molecule has 0 fully saturated rings. The van der Waals surface area contributed by atoms with Gasteiger partial charge in [-0.1, -0.05) is 51.1 Å². The van der Waals surface area contributed by atoms with Crippen molar-refractivity contribution in [2.45, 2.75) is 45.5 Å². The van der Waals surface area contributed by atoms with Crippen LogP contribution in [0.15, 0.2) is 48.5 Å². The summed E-state index contributed by atoms with van der Waals surface area (Å²) in [5.41, 5.74) is 1.27. The normalized spacial score (nSPS) is 11.9. The number of benzene rings is 2. The van der Waals surface area contributed by atoms with Crippen LogP contribution in [0, 0.1) is 17.6 Å². The number of amides is 2. The van der Waals surface area contributed by atoms with Gasteiger partial charge in [-0.3, -0.25) is 9.59 Å². The maximum atomic E-state index is 13.8. The third kappa shape index (κ3) is 7.98. The highest BCUT2D eigenvalue weighted by molar-refractivity contribution is 7.99. The number of halogens is 2. The molecule has 1 unspecified atom stereocenters. The smallest absolute Gasteiger partial charge is 0.242 e. The second kappa shape index (κ2) is 12.4. The first kappa shape index (κ1) is 24.9. The molecule has 0 aliphatic carbocycles. The van der Waals surface area contributed by atoms with Crippen molar-refractivity contribution in [1.29, 1.82) is 0 Å². The molecule has 7 heteroatoms. The summed E-state index contributed by atoms with van der Waals surface area (Å²) in [6.07, 6.45) is 0.453. The summed E-state index contributed by atoms with van der Waals surface area (Å²) >= 11 is 1.30. The van der Waals surface area contributed by atoms with E-state index in [1.54, 1.807) is 30.3 Å². The Morgan fingerprint density at radius 1 is 1.06 bits per heavy atom. The topological polar surface area (TPSA) is 49.4 Å². The number of carbonyl (C=O) groups excluding carboxylic acids is 2. The fourth-order valence-electron chi connectivity index (χ4n) is 3.08. The number of nitrogens with zero attached hydrogens (tertiary/aromatic N) is 1. The van der Waals surface area contributed by atoms with E-state index < -0.39 is 6.04 Å². The molecule has 0 aliphatic heterocycles. The van der Waals surface area contributed by atoms with E-state index in [1.165, 1.54) is 34.9 Å². The van der Waals surface area contributed by atoms with E-state index in [9.17, 15) is 18.4 Å². The molecule has 0 aromatic heterocycles. The van der Waals surface area contributed by atoms with E-state index in [1.807, 2.05) is 20.8 Å². The van der Waals surface area contributed by atoms with Gasteiger partial charge in [-0.2, -0.15) is 0 Å². The Hall–Kier alpha value is -2.41. The molecule has 0 aliphatic rings. The monoisotopic (exact) mass is 448 g/mol. The van der Waals surface area contributed by atoms with Crippen molar-refractivity contribution in [3.05, 3.63) is 71.3 Å². The Morgan fingerprint density at radius 3 is 2.35 bits per heavy atom. The van der Waals surface area contributed by atoms with E-state index in [2.05, 4.69) is 5.32 Å². The van der Waals surface area contributed by atoms with Crippen molar-refractivity contribution >= 4 is 23.6 Å². The second-order valence-electron chi connectivity index (χ2n) is 7.80. The van der Waals surface area contributed by atoms with Crippen molar-refractivity contribution in [2.24, 2.45) is 5.92 Å². The lowest BCUT2D eigenvalue weighted by atomic mass is 10.1. The molecule has 1 N–H and O–H groups in total. The molecule has 0 spiro atoms. The highest BCUT2D eigenvalue weighted by atomic mass is 32.2. The van der Waals surface area contributed by atoms with Crippen molar-refractivity contribution in [1.82, 2.24) is 10.2 Å². The van der Waals surface area contributed by atoms with Crippen LogP contribution in [0.5, 0.6) is 0 Å². The molecule has 0 saturated carbocycles. The van der Waals surface area contributed by atoms with Crippen LogP contribution in [0.3, 0.4) is 0 Å². The van der Waals surface area contributed by atoms with E-state index >= 15 is 0 Å². The SMILES string of the molecule is CCC(C(=O)NCC(C)C)N(Cc1ccc(F)cc1)C(=O)CSCc1ccccc1F. The van der Waals surface area contributed by atoms with Gasteiger partial charge in [0.05, 0.1) is 5.75 Å². The molecule has 168 valence electrons. The third-order valence-corrected chi connectivity index (χ3v) is 5.74. The predicted octanol–water partition coefficient (Wildman–Crippen LogP) is 4.78. The summed E-state index contributed by atoms with van der Waals surface area (Å²) in [7, 11) is 0. The van der Waals surface area contributed by atoms with Crippen LogP contribution >= 0.6 is 11.8 Å². The molecular formula is C24H30F2N2O2S. The van der Waals surface area contributed by atoms with Gasteiger partial charge in [0.2, 0.25) is 11.8 Å². The molecular weight excluding hydrogens is 418 g/mol. The van der Waals surface area contributed by atoms with Gasteiger partial charge in [0, 0.05) is 18.8 Å². The van der Waals surface area contributed by atoms with Crippen molar-refractivity contribution < 1.29 is 18.4 Å². The first-order valence-electron chi connectivity index (χ1n) is 10.4. The van der Waals surface area contributed by atoms with E-state index in [0.29, 0.717) is 30.2 Å². The van der Waals surface area contributed by atoms with Gasteiger partial charge in [0.25, 0.3) is 0 Å². The van der Waals surface area contributed by atoms with Crippen LogP contribution in [0.2, 0.25) is 0 Å². The molecule has 4 nitrogen and oxygen atoms in total. The number of rotatable bonds is 11. The number of nitrogens with one attached hydrogen (secondary N) is 1. The molecule has 2 aromatic rings. The first-order chi connectivity index (χ1) is 14.8. The van der Waals surface area contributed by atoms with Crippen LogP contribution in [-0.4, -0.2) is 35.1 Å². The number of hydrogen-bond donors (Lipinski definition) is 1. The first-order valence-corrected chi connectivity index (χ1v) is 11.6. The van der Waals surface area contributed by atoms with Crippen LogP contribution in [0.4, 0.5) is 8.78 Å². The van der Waals surface area contributed by atoms with Crippen LogP contribution in [-0.2, 0) is 21.9 Å². The lowest BCUT2D eigenvalue weighted by Gasteiger charge is -2.31. The van der Waals surface area contributed by atoms with Gasteiger partial charge in [0.1, 0.15) is 17.7 Å². The maximum Gasteiger partial charge on any atom is 0.242 e. The Morgan fingerprint density at radius 2 is 1.74 bits per heavy atom.